The van der Waals surface area contributed by atoms with Crippen molar-refractivity contribution in [2.45, 2.75) is 43.7 Å². The van der Waals surface area contributed by atoms with E-state index in [1.807, 2.05) is 55.0 Å². The molecule has 0 bridgehead atoms. The van der Waals surface area contributed by atoms with Crippen LogP contribution < -0.4 is 16.0 Å². The summed E-state index contributed by atoms with van der Waals surface area (Å²) in [5, 5.41) is 37.5. The summed E-state index contributed by atoms with van der Waals surface area (Å²) >= 11 is 0. The van der Waals surface area contributed by atoms with Crippen LogP contribution in [-0.4, -0.2) is 94.0 Å². The molecule has 0 radical (unpaired) electrons. The Morgan fingerprint density at radius 3 is 2.43 bits per heavy atom. The zero-order valence-electron chi connectivity index (χ0n) is 24.5. The number of aromatic hydroxyl groups is 1. The van der Waals surface area contributed by atoms with Gasteiger partial charge in [0.2, 0.25) is 5.91 Å². The van der Waals surface area contributed by atoms with E-state index < -0.39 is 64.7 Å². The lowest BCUT2D eigenvalue weighted by atomic mass is 9.52. The largest absolute Gasteiger partial charge is 0.507 e. The number of ketones is 3. The zero-order valence-corrected chi connectivity index (χ0v) is 24.5. The number of carbonyl (C=O) groups excluding carboxylic acids is 4. The number of carbonyl (C=O) groups is 4. The van der Waals surface area contributed by atoms with E-state index in [1.54, 1.807) is 19.0 Å². The number of hydrogen-bond acceptors (Lipinski definition) is 10. The number of phenolic OH excluding ortho intramolecular Hbond substituents is 1. The van der Waals surface area contributed by atoms with Crippen LogP contribution in [0.5, 0.6) is 5.75 Å². The quantitative estimate of drug-likeness (QED) is 0.264. The van der Waals surface area contributed by atoms with E-state index in [0.29, 0.717) is 17.7 Å². The number of phenols is 1. The Hall–Kier alpha value is -3.58. The standard InChI is InChI=1S/C30H39N5O7/c1-33(2)19-11-15(12-32-13-16-7-6-8-35(16)5)24(36)21-17(19)9-14-10-18-23(34(3)4)26(38)22(29(31)41)28(40)30(18,42)27(39)20(14)25(21)37/h6-8,11,14,18,20,22-23,26,32,36,38,42H,9-10,12-13H2,1-5H3,(H2,31,41)/t14-,18-,20?,22?,23-,26?,30-/m1/s1. The molecule has 1 aromatic heterocycles. The molecule has 226 valence electrons. The van der Waals surface area contributed by atoms with Crippen LogP contribution in [0.15, 0.2) is 24.4 Å². The summed E-state index contributed by atoms with van der Waals surface area (Å²) in [6, 6.07) is 4.78. The molecule has 0 saturated heterocycles. The number of benzene rings is 1. The summed E-state index contributed by atoms with van der Waals surface area (Å²) in [7, 11) is 8.83. The van der Waals surface area contributed by atoms with Gasteiger partial charge in [0.25, 0.3) is 0 Å². The van der Waals surface area contributed by atoms with Crippen molar-refractivity contribution in [1.82, 2.24) is 14.8 Å². The van der Waals surface area contributed by atoms with E-state index >= 15 is 0 Å². The number of fused-ring (bicyclic) bond motifs is 3. The number of nitrogens with zero attached hydrogens (tertiary/aromatic N) is 3. The van der Waals surface area contributed by atoms with Crippen molar-refractivity contribution in [3.63, 3.8) is 0 Å². The van der Waals surface area contributed by atoms with E-state index in [0.717, 1.165) is 11.4 Å². The van der Waals surface area contributed by atoms with E-state index in [2.05, 4.69) is 5.32 Å². The van der Waals surface area contributed by atoms with Gasteiger partial charge in [-0.15, -0.1) is 0 Å². The number of aliphatic hydroxyl groups excluding tert-OH is 1. The van der Waals surface area contributed by atoms with Crippen molar-refractivity contribution >= 4 is 28.9 Å². The highest BCUT2D eigenvalue weighted by Gasteiger charge is 2.69. The first kappa shape index (κ1) is 29.9. The minimum atomic E-state index is -2.68. The second-order valence-corrected chi connectivity index (χ2v) is 12.3. The van der Waals surface area contributed by atoms with Crippen molar-refractivity contribution in [2.75, 3.05) is 33.1 Å². The molecule has 2 aromatic rings. The lowest BCUT2D eigenvalue weighted by molar-refractivity contribution is -0.190. The third kappa shape index (κ3) is 4.36. The summed E-state index contributed by atoms with van der Waals surface area (Å²) in [6.07, 6.45) is 0.712. The number of nitrogens with two attached hydrogens (primary N) is 1. The monoisotopic (exact) mass is 581 g/mol. The van der Waals surface area contributed by atoms with Crippen molar-refractivity contribution < 1.29 is 34.5 Å². The van der Waals surface area contributed by atoms with E-state index in [-0.39, 0.29) is 30.7 Å². The molecule has 1 amide bonds. The Labute approximate surface area is 244 Å². The van der Waals surface area contributed by atoms with Crippen LogP contribution in [0, 0.1) is 23.7 Å². The molecule has 2 saturated carbocycles. The number of amides is 1. The molecule has 12 nitrogen and oxygen atoms in total. The van der Waals surface area contributed by atoms with Crippen molar-refractivity contribution in [1.29, 1.82) is 0 Å². The highest BCUT2D eigenvalue weighted by Crippen LogP contribution is 2.52. The highest BCUT2D eigenvalue weighted by molar-refractivity contribution is 6.25. The average Bonchev–Trinajstić information content (AvgIpc) is 3.31. The molecule has 1 aromatic carbocycles. The molecule has 2 fully saturated rings. The molecule has 0 aliphatic heterocycles. The topological polar surface area (TPSA) is 178 Å². The van der Waals surface area contributed by atoms with Gasteiger partial charge in [-0.25, -0.2) is 0 Å². The Morgan fingerprint density at radius 1 is 1.17 bits per heavy atom. The SMILES string of the molecule is CN(C)c1cc(CNCc2cccn2C)c(O)c2c1C[C@@H]1C[C@@H]3[C@@H](N(C)C)C(O)C(C(N)=O)C(=O)[C@]3(O)C(=O)C1C2=O. The van der Waals surface area contributed by atoms with E-state index in [4.69, 9.17) is 5.73 Å². The van der Waals surface area contributed by atoms with E-state index in [9.17, 15) is 34.5 Å². The summed E-state index contributed by atoms with van der Waals surface area (Å²) in [4.78, 5) is 57.4. The van der Waals surface area contributed by atoms with Crippen LogP contribution in [0.4, 0.5) is 5.69 Å². The third-order valence-corrected chi connectivity index (χ3v) is 9.50. The number of rotatable bonds is 7. The summed E-state index contributed by atoms with van der Waals surface area (Å²) in [5.74, 6) is -9.10. The van der Waals surface area contributed by atoms with Gasteiger partial charge in [0.15, 0.2) is 23.0 Å². The Morgan fingerprint density at radius 2 is 1.86 bits per heavy atom. The van der Waals surface area contributed by atoms with Crippen LogP contribution >= 0.6 is 0 Å². The average molecular weight is 582 g/mol. The highest BCUT2D eigenvalue weighted by atomic mass is 16.3. The van der Waals surface area contributed by atoms with Gasteiger partial charge in [-0.05, 0) is 56.6 Å². The molecule has 0 spiro atoms. The second kappa shape index (κ2) is 10.6. The zero-order chi connectivity index (χ0) is 30.8. The molecule has 12 heteroatoms. The van der Waals surface area contributed by atoms with Crippen LogP contribution in [0.2, 0.25) is 0 Å². The number of hydrogen-bond donors (Lipinski definition) is 5. The number of aromatic nitrogens is 1. The van der Waals surface area contributed by atoms with Gasteiger partial charge in [0.05, 0.1) is 17.6 Å². The number of Topliss-reactive ketones (excluding diaryl/α,β-unsaturated/α-hetero) is 3. The maximum Gasteiger partial charge on any atom is 0.230 e. The van der Waals surface area contributed by atoms with Gasteiger partial charge in [-0.3, -0.25) is 19.2 Å². The lowest BCUT2D eigenvalue weighted by Gasteiger charge is -2.55. The molecule has 42 heavy (non-hydrogen) atoms. The normalized spacial score (nSPS) is 30.6. The van der Waals surface area contributed by atoms with Gasteiger partial charge in [0, 0.05) is 69.3 Å². The fraction of sp³-hybridized carbons (Fsp3) is 0.533. The molecule has 1 heterocycles. The fourth-order valence-electron chi connectivity index (χ4n) is 7.46. The molecule has 6 N–H and O–H groups in total. The number of nitrogens with one attached hydrogen (secondary N) is 1. The Balaban J connectivity index is 1.56. The van der Waals surface area contributed by atoms with Crippen LogP contribution in [-0.2, 0) is 40.9 Å². The molecule has 5 rings (SSSR count). The minimum absolute atomic E-state index is 0.00687. The van der Waals surface area contributed by atoms with Crippen LogP contribution in [0.3, 0.4) is 0 Å². The second-order valence-electron chi connectivity index (χ2n) is 12.3. The number of primary amides is 1. The first-order chi connectivity index (χ1) is 19.7. The van der Waals surface area contributed by atoms with Gasteiger partial charge >= 0.3 is 0 Å². The summed E-state index contributed by atoms with van der Waals surface area (Å²) in [5.41, 5.74) is 5.58. The van der Waals surface area contributed by atoms with Gasteiger partial charge < -0.3 is 40.7 Å². The molecule has 7 atom stereocenters. The van der Waals surface area contributed by atoms with Gasteiger partial charge in [-0.1, -0.05) is 0 Å². The van der Waals surface area contributed by atoms with Gasteiger partial charge in [0.1, 0.15) is 11.7 Å². The smallest absolute Gasteiger partial charge is 0.230 e. The molecule has 3 aliphatic carbocycles. The minimum Gasteiger partial charge on any atom is -0.507 e. The number of anilines is 1. The van der Waals surface area contributed by atoms with Crippen molar-refractivity contribution in [2.24, 2.45) is 36.5 Å². The van der Waals surface area contributed by atoms with E-state index in [1.165, 1.54) is 0 Å². The first-order valence-corrected chi connectivity index (χ1v) is 14.1. The van der Waals surface area contributed by atoms with Crippen LogP contribution in [0.1, 0.15) is 33.6 Å². The Bertz CT molecular complexity index is 1470. The summed E-state index contributed by atoms with van der Waals surface area (Å²) < 4.78 is 1.97. The first-order valence-electron chi connectivity index (χ1n) is 14.1. The Kier molecular flexibility index (Phi) is 7.55. The number of aliphatic hydroxyl groups is 2. The molecule has 3 unspecified atom stereocenters. The third-order valence-electron chi connectivity index (χ3n) is 9.50. The van der Waals surface area contributed by atoms with Gasteiger partial charge in [-0.2, -0.15) is 0 Å². The lowest BCUT2D eigenvalue weighted by Crippen LogP contribution is -2.75. The summed E-state index contributed by atoms with van der Waals surface area (Å²) in [6.45, 7) is 0.762. The number of aryl methyl sites for hydroxylation is 1. The molecular weight excluding hydrogens is 542 g/mol. The van der Waals surface area contributed by atoms with Crippen molar-refractivity contribution in [3.05, 3.63) is 46.8 Å². The predicted octanol–water partition coefficient (Wildman–Crippen LogP) is -0.647. The fourth-order valence-corrected chi connectivity index (χ4v) is 7.46. The van der Waals surface area contributed by atoms with Crippen LogP contribution in [0.25, 0.3) is 0 Å². The molecular formula is C30H39N5O7. The predicted molar refractivity (Wildman–Crippen MR) is 153 cm³/mol. The molecule has 3 aliphatic rings. The maximum atomic E-state index is 14.1. The number of likely N-dealkylation sites (N-methyl/N-ethyl adjacent to an activating group) is 1. The maximum absolute atomic E-state index is 14.1. The van der Waals surface area contributed by atoms with Crippen molar-refractivity contribution in [3.8, 4) is 5.75 Å².